The zero-order valence-electron chi connectivity index (χ0n) is 14.8. The van der Waals surface area contributed by atoms with Gasteiger partial charge in [-0.05, 0) is 32.4 Å². The summed E-state index contributed by atoms with van der Waals surface area (Å²) < 4.78 is 11.4. The lowest BCUT2D eigenvalue weighted by Crippen LogP contribution is -2.52. The monoisotopic (exact) mass is 344 g/mol. The topological polar surface area (TPSA) is 72.8 Å². The van der Waals surface area contributed by atoms with Crippen LogP contribution in [-0.2, 0) is 14.3 Å². The summed E-state index contributed by atoms with van der Waals surface area (Å²) in [6, 6.07) is 8.71. The summed E-state index contributed by atoms with van der Waals surface area (Å²) >= 11 is 0. The van der Waals surface area contributed by atoms with E-state index in [2.05, 4.69) is 0 Å². The Hall–Kier alpha value is -2.40. The van der Waals surface area contributed by atoms with Gasteiger partial charge in [-0.25, -0.2) is 4.79 Å². The van der Waals surface area contributed by atoms with Crippen LogP contribution < -0.4 is 0 Å². The van der Waals surface area contributed by atoms with Crippen LogP contribution in [0, 0.1) is 5.41 Å². The fraction of sp³-hybridized carbons (Fsp3) is 0.400. The summed E-state index contributed by atoms with van der Waals surface area (Å²) in [5.74, 6) is -1.38. The minimum Gasteiger partial charge on any atom is -0.481 e. The standard InChI is InChI=1S/C20H24O5/c1-4-20(13-9-8-12-19(20,3)18(22)23)24-14-15(2)25-17(21)16-10-6-5-7-11-16/h5-13,15H,4,14H2,1-3H3,(H,22,23). The molecule has 2 rings (SSSR count). The fourth-order valence-corrected chi connectivity index (χ4v) is 2.94. The highest BCUT2D eigenvalue weighted by Gasteiger charge is 2.51. The van der Waals surface area contributed by atoms with E-state index in [1.165, 1.54) is 0 Å². The number of ether oxygens (including phenoxy) is 2. The van der Waals surface area contributed by atoms with E-state index in [4.69, 9.17) is 9.47 Å². The average Bonchev–Trinajstić information content (AvgIpc) is 2.62. The third-order valence-corrected chi connectivity index (χ3v) is 4.65. The molecular formula is C20H24O5. The minimum atomic E-state index is -1.18. The molecule has 1 aromatic carbocycles. The van der Waals surface area contributed by atoms with Gasteiger partial charge in [0.1, 0.15) is 17.1 Å². The average molecular weight is 344 g/mol. The van der Waals surface area contributed by atoms with Gasteiger partial charge >= 0.3 is 11.9 Å². The van der Waals surface area contributed by atoms with Crippen molar-refractivity contribution >= 4 is 11.9 Å². The van der Waals surface area contributed by atoms with Crippen LogP contribution in [0.4, 0.5) is 0 Å². The molecule has 0 radical (unpaired) electrons. The Morgan fingerprint density at radius 2 is 1.80 bits per heavy atom. The van der Waals surface area contributed by atoms with Crippen LogP contribution in [0.5, 0.6) is 0 Å². The van der Waals surface area contributed by atoms with Crippen molar-refractivity contribution in [1.29, 1.82) is 0 Å². The predicted molar refractivity (Wildman–Crippen MR) is 94.3 cm³/mol. The molecule has 1 aliphatic carbocycles. The number of esters is 1. The van der Waals surface area contributed by atoms with Crippen molar-refractivity contribution in [3.8, 4) is 0 Å². The molecule has 0 amide bonds. The van der Waals surface area contributed by atoms with Crippen LogP contribution in [0.15, 0.2) is 54.6 Å². The SMILES string of the molecule is CCC1(OCC(C)OC(=O)c2ccccc2)C=CC=CC1(C)C(=O)O. The molecule has 1 aromatic rings. The van der Waals surface area contributed by atoms with Crippen molar-refractivity contribution in [3.63, 3.8) is 0 Å². The summed E-state index contributed by atoms with van der Waals surface area (Å²) in [4.78, 5) is 23.9. The number of aliphatic carboxylic acids is 1. The normalized spacial score (nSPS) is 26.2. The Labute approximate surface area is 147 Å². The molecule has 134 valence electrons. The van der Waals surface area contributed by atoms with Crippen LogP contribution >= 0.6 is 0 Å². The largest absolute Gasteiger partial charge is 0.481 e. The lowest BCUT2D eigenvalue weighted by atomic mass is 9.69. The molecule has 3 unspecified atom stereocenters. The Kier molecular flexibility index (Phi) is 5.80. The van der Waals surface area contributed by atoms with Crippen molar-refractivity contribution in [2.24, 2.45) is 5.41 Å². The van der Waals surface area contributed by atoms with E-state index in [1.807, 2.05) is 13.0 Å². The quantitative estimate of drug-likeness (QED) is 0.765. The molecule has 0 bridgehead atoms. The van der Waals surface area contributed by atoms with Crippen molar-refractivity contribution in [3.05, 3.63) is 60.2 Å². The molecule has 0 saturated carbocycles. The first-order valence-electron chi connectivity index (χ1n) is 8.35. The van der Waals surface area contributed by atoms with Crippen LogP contribution in [0.25, 0.3) is 0 Å². The van der Waals surface area contributed by atoms with E-state index < -0.39 is 29.1 Å². The Morgan fingerprint density at radius 3 is 2.40 bits per heavy atom. The molecule has 3 atom stereocenters. The second-order valence-corrected chi connectivity index (χ2v) is 6.36. The van der Waals surface area contributed by atoms with Crippen LogP contribution in [0.1, 0.15) is 37.6 Å². The van der Waals surface area contributed by atoms with E-state index in [1.54, 1.807) is 62.4 Å². The number of carbonyl (C=O) groups is 2. The highest BCUT2D eigenvalue weighted by atomic mass is 16.6. The van der Waals surface area contributed by atoms with Crippen LogP contribution in [0.2, 0.25) is 0 Å². The number of hydrogen-bond acceptors (Lipinski definition) is 4. The second kappa shape index (κ2) is 7.66. The maximum absolute atomic E-state index is 12.1. The molecule has 0 fully saturated rings. The predicted octanol–water partition coefficient (Wildman–Crippen LogP) is 3.61. The first-order valence-corrected chi connectivity index (χ1v) is 8.35. The molecule has 0 spiro atoms. The maximum Gasteiger partial charge on any atom is 0.338 e. The second-order valence-electron chi connectivity index (χ2n) is 6.36. The minimum absolute atomic E-state index is 0.105. The third kappa shape index (κ3) is 3.82. The highest BCUT2D eigenvalue weighted by Crippen LogP contribution is 2.42. The van der Waals surface area contributed by atoms with Crippen molar-refractivity contribution < 1.29 is 24.2 Å². The molecule has 0 aromatic heterocycles. The van der Waals surface area contributed by atoms with Gasteiger partial charge in [-0.2, -0.15) is 0 Å². The Morgan fingerprint density at radius 1 is 1.16 bits per heavy atom. The van der Waals surface area contributed by atoms with E-state index in [0.29, 0.717) is 12.0 Å². The van der Waals surface area contributed by atoms with Crippen LogP contribution in [0.3, 0.4) is 0 Å². The number of benzene rings is 1. The van der Waals surface area contributed by atoms with Gasteiger partial charge in [0.25, 0.3) is 0 Å². The van der Waals surface area contributed by atoms with Gasteiger partial charge in [0.05, 0.1) is 12.2 Å². The molecule has 25 heavy (non-hydrogen) atoms. The summed E-state index contributed by atoms with van der Waals surface area (Å²) in [6.07, 6.45) is 6.88. The van der Waals surface area contributed by atoms with Crippen molar-refractivity contribution in [1.82, 2.24) is 0 Å². The third-order valence-electron chi connectivity index (χ3n) is 4.65. The lowest BCUT2D eigenvalue weighted by molar-refractivity contribution is -0.165. The van der Waals surface area contributed by atoms with Gasteiger partial charge in [-0.3, -0.25) is 4.79 Å². The molecule has 0 aliphatic heterocycles. The molecule has 0 heterocycles. The molecular weight excluding hydrogens is 320 g/mol. The van der Waals surface area contributed by atoms with E-state index in [9.17, 15) is 14.7 Å². The highest BCUT2D eigenvalue weighted by molar-refractivity contribution is 5.89. The van der Waals surface area contributed by atoms with E-state index in [0.717, 1.165) is 0 Å². The van der Waals surface area contributed by atoms with Crippen LogP contribution in [-0.4, -0.2) is 35.4 Å². The zero-order chi connectivity index (χ0) is 18.5. The van der Waals surface area contributed by atoms with Gasteiger partial charge in [0, 0.05) is 0 Å². The number of rotatable bonds is 7. The first-order chi connectivity index (χ1) is 11.8. The summed E-state index contributed by atoms with van der Waals surface area (Å²) in [6.45, 7) is 5.35. The van der Waals surface area contributed by atoms with E-state index >= 15 is 0 Å². The van der Waals surface area contributed by atoms with Gasteiger partial charge < -0.3 is 14.6 Å². The maximum atomic E-state index is 12.1. The van der Waals surface area contributed by atoms with Crippen molar-refractivity contribution in [2.75, 3.05) is 6.61 Å². The Bertz CT molecular complexity index is 679. The molecule has 1 aliphatic rings. The van der Waals surface area contributed by atoms with Gasteiger partial charge in [0.2, 0.25) is 0 Å². The Balaban J connectivity index is 2.05. The van der Waals surface area contributed by atoms with Crippen molar-refractivity contribution in [2.45, 2.75) is 38.9 Å². The molecule has 1 N–H and O–H groups in total. The van der Waals surface area contributed by atoms with Gasteiger partial charge in [-0.15, -0.1) is 0 Å². The van der Waals surface area contributed by atoms with Gasteiger partial charge in [0.15, 0.2) is 0 Å². The smallest absolute Gasteiger partial charge is 0.338 e. The van der Waals surface area contributed by atoms with Gasteiger partial charge in [-0.1, -0.05) is 49.4 Å². The first kappa shape index (κ1) is 18.9. The zero-order valence-corrected chi connectivity index (χ0v) is 14.8. The lowest BCUT2D eigenvalue weighted by Gasteiger charge is -2.43. The number of hydrogen-bond donors (Lipinski definition) is 1. The number of carboxylic acid groups (broad SMARTS) is 1. The number of carboxylic acids is 1. The molecule has 5 heteroatoms. The molecule has 5 nitrogen and oxygen atoms in total. The summed E-state index contributed by atoms with van der Waals surface area (Å²) in [7, 11) is 0. The fourth-order valence-electron chi connectivity index (χ4n) is 2.94. The number of allylic oxidation sites excluding steroid dienone is 2. The van der Waals surface area contributed by atoms with E-state index in [-0.39, 0.29) is 6.61 Å². The summed E-state index contributed by atoms with van der Waals surface area (Å²) in [5, 5.41) is 9.67. The summed E-state index contributed by atoms with van der Waals surface area (Å²) in [5.41, 5.74) is -1.70. The number of carbonyl (C=O) groups excluding carboxylic acids is 1. The molecule has 0 saturated heterocycles.